The first-order chi connectivity index (χ1) is 10.1. The maximum Gasteiger partial charge on any atom is 0.335 e. The SMILES string of the molecule is COc1ccc(C(=O)O)cc1CN(C)CC1CCCCC1. The number of carbonyl (C=O) groups is 1. The Morgan fingerprint density at radius 2 is 2.05 bits per heavy atom. The number of hydrogen-bond donors (Lipinski definition) is 1. The zero-order valence-corrected chi connectivity index (χ0v) is 13.0. The van der Waals surface area contributed by atoms with Crippen LogP contribution in [0.1, 0.15) is 48.0 Å². The van der Waals surface area contributed by atoms with E-state index in [4.69, 9.17) is 9.84 Å². The highest BCUT2D eigenvalue weighted by Crippen LogP contribution is 2.26. The maximum atomic E-state index is 11.1. The summed E-state index contributed by atoms with van der Waals surface area (Å²) in [5.41, 5.74) is 1.26. The Kier molecular flexibility index (Phi) is 5.62. The number of carboxylic acids is 1. The summed E-state index contributed by atoms with van der Waals surface area (Å²) in [5, 5.41) is 9.11. The molecule has 116 valence electrons. The molecule has 0 radical (unpaired) electrons. The van der Waals surface area contributed by atoms with Crippen LogP contribution in [-0.4, -0.2) is 36.7 Å². The number of hydrogen-bond acceptors (Lipinski definition) is 3. The highest BCUT2D eigenvalue weighted by Gasteiger charge is 2.17. The fourth-order valence-electron chi connectivity index (χ4n) is 3.20. The van der Waals surface area contributed by atoms with Gasteiger partial charge in [-0.2, -0.15) is 0 Å². The smallest absolute Gasteiger partial charge is 0.335 e. The minimum Gasteiger partial charge on any atom is -0.496 e. The molecule has 0 atom stereocenters. The maximum absolute atomic E-state index is 11.1. The molecule has 1 fully saturated rings. The Bertz CT molecular complexity index is 481. The third-order valence-electron chi connectivity index (χ3n) is 4.26. The minimum absolute atomic E-state index is 0.317. The van der Waals surface area contributed by atoms with Crippen molar-refractivity contribution in [3.05, 3.63) is 29.3 Å². The first-order valence-electron chi connectivity index (χ1n) is 7.69. The molecular weight excluding hydrogens is 266 g/mol. The number of rotatable bonds is 6. The second-order valence-electron chi connectivity index (χ2n) is 6.03. The van der Waals surface area contributed by atoms with Crippen LogP contribution in [-0.2, 0) is 6.54 Å². The third-order valence-corrected chi connectivity index (χ3v) is 4.26. The van der Waals surface area contributed by atoms with Crippen molar-refractivity contribution in [2.75, 3.05) is 20.7 Å². The second-order valence-corrected chi connectivity index (χ2v) is 6.03. The van der Waals surface area contributed by atoms with E-state index in [9.17, 15) is 4.79 Å². The van der Waals surface area contributed by atoms with Gasteiger partial charge in [0.25, 0.3) is 0 Å². The van der Waals surface area contributed by atoms with Gasteiger partial charge in [0.1, 0.15) is 5.75 Å². The van der Waals surface area contributed by atoms with Crippen molar-refractivity contribution < 1.29 is 14.6 Å². The number of ether oxygens (including phenoxy) is 1. The van der Waals surface area contributed by atoms with Crippen LogP contribution in [0.15, 0.2) is 18.2 Å². The molecule has 0 bridgehead atoms. The second kappa shape index (κ2) is 7.46. The van der Waals surface area contributed by atoms with Gasteiger partial charge in [0, 0.05) is 18.7 Å². The number of nitrogens with zero attached hydrogens (tertiary/aromatic N) is 1. The molecule has 0 heterocycles. The van der Waals surface area contributed by atoms with Gasteiger partial charge >= 0.3 is 5.97 Å². The molecule has 1 aliphatic rings. The van der Waals surface area contributed by atoms with Gasteiger partial charge in [0.2, 0.25) is 0 Å². The summed E-state index contributed by atoms with van der Waals surface area (Å²) in [6.45, 7) is 1.79. The lowest BCUT2D eigenvalue weighted by Gasteiger charge is -2.27. The number of carboxylic acid groups (broad SMARTS) is 1. The van der Waals surface area contributed by atoms with E-state index < -0.39 is 5.97 Å². The fraction of sp³-hybridized carbons (Fsp3) is 0.588. The van der Waals surface area contributed by atoms with E-state index in [0.717, 1.165) is 30.3 Å². The Hall–Kier alpha value is -1.55. The summed E-state index contributed by atoms with van der Waals surface area (Å²) in [6, 6.07) is 5.05. The molecule has 2 rings (SSSR count). The molecule has 1 aliphatic carbocycles. The molecule has 1 N–H and O–H groups in total. The first kappa shape index (κ1) is 15.8. The average molecular weight is 291 g/mol. The fourth-order valence-corrected chi connectivity index (χ4v) is 3.20. The monoisotopic (exact) mass is 291 g/mol. The van der Waals surface area contributed by atoms with Gasteiger partial charge < -0.3 is 14.7 Å². The van der Waals surface area contributed by atoms with Crippen LogP contribution in [0.4, 0.5) is 0 Å². The Morgan fingerprint density at radius 1 is 1.33 bits per heavy atom. The van der Waals surface area contributed by atoms with Gasteiger partial charge in [0.05, 0.1) is 12.7 Å². The zero-order valence-electron chi connectivity index (χ0n) is 13.0. The van der Waals surface area contributed by atoms with E-state index in [0.29, 0.717) is 5.56 Å². The van der Waals surface area contributed by atoms with E-state index in [-0.39, 0.29) is 0 Å². The predicted octanol–water partition coefficient (Wildman–Crippen LogP) is 3.41. The van der Waals surface area contributed by atoms with Crippen molar-refractivity contribution >= 4 is 5.97 Å². The Morgan fingerprint density at radius 3 is 2.67 bits per heavy atom. The summed E-state index contributed by atoms with van der Waals surface area (Å²) < 4.78 is 5.35. The largest absolute Gasteiger partial charge is 0.496 e. The van der Waals surface area contributed by atoms with Crippen LogP contribution in [0.3, 0.4) is 0 Å². The van der Waals surface area contributed by atoms with Gasteiger partial charge in [-0.05, 0) is 44.0 Å². The van der Waals surface area contributed by atoms with E-state index in [1.165, 1.54) is 32.1 Å². The van der Waals surface area contributed by atoms with E-state index >= 15 is 0 Å². The minimum atomic E-state index is -0.895. The number of aromatic carboxylic acids is 1. The van der Waals surface area contributed by atoms with Gasteiger partial charge in [-0.25, -0.2) is 4.79 Å². The summed E-state index contributed by atoms with van der Waals surface area (Å²) in [6.07, 6.45) is 6.69. The van der Waals surface area contributed by atoms with E-state index in [1.54, 1.807) is 25.3 Å². The van der Waals surface area contributed by atoms with Crippen LogP contribution in [0.2, 0.25) is 0 Å². The van der Waals surface area contributed by atoms with Crippen LogP contribution < -0.4 is 4.74 Å². The molecule has 21 heavy (non-hydrogen) atoms. The van der Waals surface area contributed by atoms with Crippen molar-refractivity contribution in [3.8, 4) is 5.75 Å². The van der Waals surface area contributed by atoms with Gasteiger partial charge in [-0.1, -0.05) is 19.3 Å². The molecule has 0 aliphatic heterocycles. The third kappa shape index (κ3) is 4.46. The van der Waals surface area contributed by atoms with Crippen molar-refractivity contribution in [2.45, 2.75) is 38.6 Å². The van der Waals surface area contributed by atoms with Crippen LogP contribution in [0.25, 0.3) is 0 Å². The Labute approximate surface area is 126 Å². The summed E-state index contributed by atoms with van der Waals surface area (Å²) >= 11 is 0. The molecule has 0 saturated heterocycles. The highest BCUT2D eigenvalue weighted by molar-refractivity contribution is 5.88. The molecule has 4 nitrogen and oxygen atoms in total. The molecule has 1 saturated carbocycles. The molecule has 1 aromatic carbocycles. The van der Waals surface area contributed by atoms with Crippen LogP contribution in [0, 0.1) is 5.92 Å². The van der Waals surface area contributed by atoms with Gasteiger partial charge in [-0.3, -0.25) is 0 Å². The van der Waals surface area contributed by atoms with Crippen molar-refractivity contribution in [2.24, 2.45) is 5.92 Å². The molecular formula is C17H25NO3. The lowest BCUT2D eigenvalue weighted by Crippen LogP contribution is -2.27. The first-order valence-corrected chi connectivity index (χ1v) is 7.69. The van der Waals surface area contributed by atoms with E-state index in [1.807, 2.05) is 0 Å². The lowest BCUT2D eigenvalue weighted by atomic mass is 9.89. The normalized spacial score (nSPS) is 16.1. The highest BCUT2D eigenvalue weighted by atomic mass is 16.5. The molecule has 0 spiro atoms. The standard InChI is InChI=1S/C17H25NO3/c1-18(11-13-6-4-3-5-7-13)12-15-10-14(17(19)20)8-9-16(15)21-2/h8-10,13H,3-7,11-12H2,1-2H3,(H,19,20). The Balaban J connectivity index is 2.02. The summed E-state index contributed by atoms with van der Waals surface area (Å²) in [5.74, 6) is 0.640. The van der Waals surface area contributed by atoms with Crippen LogP contribution in [0.5, 0.6) is 5.75 Å². The number of methoxy groups -OCH3 is 1. The van der Waals surface area contributed by atoms with Gasteiger partial charge in [-0.15, -0.1) is 0 Å². The lowest BCUT2D eigenvalue weighted by molar-refractivity contribution is 0.0696. The average Bonchev–Trinajstić information content (AvgIpc) is 2.48. The molecule has 0 amide bonds. The molecule has 0 unspecified atom stereocenters. The summed E-state index contributed by atoms with van der Waals surface area (Å²) in [7, 11) is 3.72. The topological polar surface area (TPSA) is 49.8 Å². The van der Waals surface area contributed by atoms with Crippen molar-refractivity contribution in [1.82, 2.24) is 4.90 Å². The number of benzene rings is 1. The quantitative estimate of drug-likeness (QED) is 0.872. The zero-order chi connectivity index (χ0) is 15.2. The predicted molar refractivity (Wildman–Crippen MR) is 82.9 cm³/mol. The van der Waals surface area contributed by atoms with E-state index in [2.05, 4.69) is 11.9 Å². The molecule has 1 aromatic rings. The van der Waals surface area contributed by atoms with Crippen LogP contribution >= 0.6 is 0 Å². The van der Waals surface area contributed by atoms with Crippen molar-refractivity contribution in [3.63, 3.8) is 0 Å². The molecule has 0 aromatic heterocycles. The summed E-state index contributed by atoms with van der Waals surface area (Å²) in [4.78, 5) is 13.4. The van der Waals surface area contributed by atoms with Crippen molar-refractivity contribution in [1.29, 1.82) is 0 Å². The van der Waals surface area contributed by atoms with Gasteiger partial charge in [0.15, 0.2) is 0 Å². The molecule has 4 heteroatoms.